The summed E-state index contributed by atoms with van der Waals surface area (Å²) >= 11 is 0. The van der Waals surface area contributed by atoms with Crippen molar-refractivity contribution in [1.29, 1.82) is 0 Å². The van der Waals surface area contributed by atoms with Crippen molar-refractivity contribution in [2.75, 3.05) is 11.4 Å². The van der Waals surface area contributed by atoms with Gasteiger partial charge in [0, 0.05) is 18.7 Å². The van der Waals surface area contributed by atoms with Gasteiger partial charge in [0.15, 0.2) is 0 Å². The molecule has 0 spiro atoms. The standard InChI is InChI=1S/C17H19N3O5S/c1-25-16-5-3-2-4-13(16)10-18-9-12-6-7-15(21)14(8-12)20-11-17(22)19-26(20,23)24/h2-8,11,18-19,21-22H,9-10H2,1H3. The highest BCUT2D eigenvalue weighted by molar-refractivity contribution is 7.91. The first-order chi connectivity index (χ1) is 12.4. The van der Waals surface area contributed by atoms with Crippen molar-refractivity contribution in [3.63, 3.8) is 0 Å². The number of hydrogen-bond acceptors (Lipinski definition) is 6. The topological polar surface area (TPSA) is 111 Å². The fourth-order valence-corrected chi connectivity index (χ4v) is 3.69. The number of aromatic hydroxyl groups is 1. The van der Waals surface area contributed by atoms with E-state index in [9.17, 15) is 18.6 Å². The van der Waals surface area contributed by atoms with Crippen molar-refractivity contribution in [3.05, 3.63) is 65.7 Å². The summed E-state index contributed by atoms with van der Waals surface area (Å²) in [5, 5.41) is 22.7. The van der Waals surface area contributed by atoms with E-state index in [2.05, 4.69) is 5.32 Å². The minimum Gasteiger partial charge on any atom is -0.506 e. The third-order valence-electron chi connectivity index (χ3n) is 3.85. The molecule has 9 heteroatoms. The lowest BCUT2D eigenvalue weighted by molar-refractivity contribution is 0.392. The molecular formula is C17H19N3O5S. The lowest BCUT2D eigenvalue weighted by atomic mass is 10.1. The highest BCUT2D eigenvalue weighted by atomic mass is 32.2. The number of phenols is 1. The largest absolute Gasteiger partial charge is 0.506 e. The second-order valence-electron chi connectivity index (χ2n) is 5.66. The molecule has 2 aromatic carbocycles. The Morgan fingerprint density at radius 1 is 1.15 bits per heavy atom. The average molecular weight is 377 g/mol. The summed E-state index contributed by atoms with van der Waals surface area (Å²) in [6.07, 6.45) is 0.996. The van der Waals surface area contributed by atoms with Crippen LogP contribution in [0.1, 0.15) is 11.1 Å². The Hall–Kier alpha value is -2.91. The van der Waals surface area contributed by atoms with E-state index in [1.807, 2.05) is 29.0 Å². The van der Waals surface area contributed by atoms with E-state index in [1.165, 1.54) is 6.07 Å². The number of hydrogen-bond donors (Lipinski definition) is 4. The first-order valence-corrected chi connectivity index (χ1v) is 9.22. The minimum absolute atomic E-state index is 0.0538. The smallest absolute Gasteiger partial charge is 0.330 e. The van der Waals surface area contributed by atoms with Crippen molar-refractivity contribution in [2.24, 2.45) is 0 Å². The number of aliphatic hydroxyl groups is 1. The highest BCUT2D eigenvalue weighted by Crippen LogP contribution is 2.32. The predicted molar refractivity (Wildman–Crippen MR) is 96.9 cm³/mol. The van der Waals surface area contributed by atoms with Crippen LogP contribution >= 0.6 is 0 Å². The lowest BCUT2D eigenvalue weighted by Crippen LogP contribution is -2.29. The molecule has 0 aromatic heterocycles. The van der Waals surface area contributed by atoms with Crippen LogP contribution in [0.25, 0.3) is 0 Å². The normalized spacial score (nSPS) is 15.4. The van der Waals surface area contributed by atoms with E-state index in [0.717, 1.165) is 27.4 Å². The molecule has 138 valence electrons. The lowest BCUT2D eigenvalue weighted by Gasteiger charge is -2.17. The second-order valence-corrected chi connectivity index (χ2v) is 7.20. The third kappa shape index (κ3) is 3.68. The Bertz CT molecular complexity index is 943. The number of aliphatic hydroxyl groups excluding tert-OH is 1. The number of para-hydroxylation sites is 1. The Kier molecular flexibility index (Phi) is 4.92. The zero-order chi connectivity index (χ0) is 18.7. The van der Waals surface area contributed by atoms with Gasteiger partial charge in [0.1, 0.15) is 17.2 Å². The molecular weight excluding hydrogens is 358 g/mol. The van der Waals surface area contributed by atoms with Gasteiger partial charge in [0.25, 0.3) is 0 Å². The zero-order valence-electron chi connectivity index (χ0n) is 14.0. The molecule has 3 rings (SSSR count). The van der Waals surface area contributed by atoms with Gasteiger partial charge >= 0.3 is 10.2 Å². The molecule has 8 nitrogen and oxygen atoms in total. The van der Waals surface area contributed by atoms with Gasteiger partial charge in [-0.25, -0.2) is 9.03 Å². The molecule has 4 N–H and O–H groups in total. The van der Waals surface area contributed by atoms with Crippen molar-refractivity contribution in [2.45, 2.75) is 13.1 Å². The first-order valence-electron chi connectivity index (χ1n) is 7.78. The first kappa shape index (κ1) is 17.9. The van der Waals surface area contributed by atoms with Gasteiger partial charge in [-0.1, -0.05) is 24.3 Å². The van der Waals surface area contributed by atoms with Gasteiger partial charge in [-0.2, -0.15) is 8.42 Å². The molecule has 0 unspecified atom stereocenters. The molecule has 0 atom stereocenters. The molecule has 1 aliphatic heterocycles. The van der Waals surface area contributed by atoms with Crippen molar-refractivity contribution in [1.82, 2.24) is 10.0 Å². The van der Waals surface area contributed by atoms with Gasteiger partial charge in [-0.3, -0.25) is 0 Å². The number of rotatable bonds is 6. The maximum absolute atomic E-state index is 12.0. The van der Waals surface area contributed by atoms with Crippen molar-refractivity contribution in [3.8, 4) is 11.5 Å². The van der Waals surface area contributed by atoms with Crippen LogP contribution in [0.3, 0.4) is 0 Å². The van der Waals surface area contributed by atoms with Crippen LogP contribution in [-0.2, 0) is 23.3 Å². The Morgan fingerprint density at radius 2 is 1.92 bits per heavy atom. The fourth-order valence-electron chi connectivity index (χ4n) is 2.63. The molecule has 1 heterocycles. The van der Waals surface area contributed by atoms with Gasteiger partial charge in [-0.05, 0) is 23.8 Å². The summed E-state index contributed by atoms with van der Waals surface area (Å²) in [5.74, 6) is 0.0557. The highest BCUT2D eigenvalue weighted by Gasteiger charge is 2.30. The summed E-state index contributed by atoms with van der Waals surface area (Å²) in [5.41, 5.74) is 1.81. The number of nitrogens with zero attached hydrogens (tertiary/aromatic N) is 1. The van der Waals surface area contributed by atoms with Crippen LogP contribution in [0, 0.1) is 0 Å². The van der Waals surface area contributed by atoms with Gasteiger partial charge in [0.05, 0.1) is 13.3 Å². The Labute approximate surface area is 151 Å². The van der Waals surface area contributed by atoms with Gasteiger partial charge < -0.3 is 20.3 Å². The second kappa shape index (κ2) is 7.14. The quantitative estimate of drug-likeness (QED) is 0.610. The van der Waals surface area contributed by atoms with Crippen LogP contribution in [0.4, 0.5) is 5.69 Å². The molecule has 0 saturated carbocycles. The molecule has 26 heavy (non-hydrogen) atoms. The summed E-state index contributed by atoms with van der Waals surface area (Å²) in [7, 11) is -2.35. The molecule has 2 aromatic rings. The van der Waals surface area contributed by atoms with Crippen LogP contribution in [-0.4, -0.2) is 25.7 Å². The van der Waals surface area contributed by atoms with Gasteiger partial charge in [-0.15, -0.1) is 0 Å². The third-order valence-corrected chi connectivity index (χ3v) is 5.13. The Balaban J connectivity index is 1.74. The molecule has 0 bridgehead atoms. The maximum Gasteiger partial charge on any atom is 0.330 e. The van der Waals surface area contributed by atoms with Crippen LogP contribution in [0.2, 0.25) is 0 Å². The summed E-state index contributed by atoms with van der Waals surface area (Å²) < 4.78 is 32.0. The van der Waals surface area contributed by atoms with E-state index in [-0.39, 0.29) is 11.4 Å². The maximum atomic E-state index is 12.0. The van der Waals surface area contributed by atoms with Gasteiger partial charge in [0.2, 0.25) is 5.88 Å². The molecule has 0 saturated heterocycles. The van der Waals surface area contributed by atoms with E-state index in [4.69, 9.17) is 4.74 Å². The van der Waals surface area contributed by atoms with Crippen LogP contribution in [0.5, 0.6) is 11.5 Å². The number of phenolic OH excluding ortho intramolecular Hbond substituents is 1. The minimum atomic E-state index is -3.96. The van der Waals surface area contributed by atoms with E-state index >= 15 is 0 Å². The van der Waals surface area contributed by atoms with Crippen molar-refractivity contribution >= 4 is 15.9 Å². The van der Waals surface area contributed by atoms with E-state index in [0.29, 0.717) is 13.1 Å². The number of methoxy groups -OCH3 is 1. The molecule has 1 aliphatic rings. The SMILES string of the molecule is COc1ccccc1CNCc1ccc(O)c(N2C=C(O)NS2(=O)=O)c1. The molecule has 0 radical (unpaired) electrons. The number of nitrogens with one attached hydrogen (secondary N) is 2. The zero-order valence-corrected chi connectivity index (χ0v) is 14.8. The predicted octanol–water partition coefficient (Wildman–Crippen LogP) is 1.70. The van der Waals surface area contributed by atoms with Crippen LogP contribution < -0.4 is 19.1 Å². The monoisotopic (exact) mass is 377 g/mol. The fraction of sp³-hybridized carbons (Fsp3) is 0.176. The Morgan fingerprint density at radius 3 is 2.62 bits per heavy atom. The number of benzene rings is 2. The summed E-state index contributed by atoms with van der Waals surface area (Å²) in [6.45, 7) is 1.01. The van der Waals surface area contributed by atoms with E-state index in [1.54, 1.807) is 19.2 Å². The van der Waals surface area contributed by atoms with Crippen LogP contribution in [0.15, 0.2) is 54.5 Å². The molecule has 0 aliphatic carbocycles. The summed E-state index contributed by atoms with van der Waals surface area (Å²) in [6, 6.07) is 12.3. The van der Waals surface area contributed by atoms with E-state index < -0.39 is 16.1 Å². The summed E-state index contributed by atoms with van der Waals surface area (Å²) in [4.78, 5) is 0. The number of anilines is 1. The molecule has 0 fully saturated rings. The van der Waals surface area contributed by atoms with Crippen molar-refractivity contribution < 1.29 is 23.4 Å². The number of ether oxygens (including phenoxy) is 1. The molecule has 0 amide bonds. The average Bonchev–Trinajstić information content (AvgIpc) is 2.89.